The minimum absolute atomic E-state index is 0.237. The molecule has 0 amide bonds. The van der Waals surface area contributed by atoms with Crippen molar-refractivity contribution in [2.24, 2.45) is 18.9 Å². The molecule has 1 saturated carbocycles. The fourth-order valence-electron chi connectivity index (χ4n) is 3.06. The van der Waals surface area contributed by atoms with Crippen LogP contribution >= 0.6 is 11.6 Å². The summed E-state index contributed by atoms with van der Waals surface area (Å²) in [7, 11) is 1.87. The van der Waals surface area contributed by atoms with Crippen LogP contribution in [0.2, 0.25) is 5.02 Å². The van der Waals surface area contributed by atoms with Gasteiger partial charge in [-0.15, -0.1) is 0 Å². The zero-order valence-electron chi connectivity index (χ0n) is 12.1. The van der Waals surface area contributed by atoms with Crippen molar-refractivity contribution >= 4 is 17.4 Å². The Morgan fingerprint density at radius 3 is 2.68 bits per heavy atom. The predicted molar refractivity (Wildman–Crippen MR) is 77.4 cm³/mol. The van der Waals surface area contributed by atoms with Crippen molar-refractivity contribution in [1.29, 1.82) is 0 Å². The van der Waals surface area contributed by atoms with Crippen LogP contribution in [0.5, 0.6) is 0 Å². The van der Waals surface area contributed by atoms with E-state index in [2.05, 4.69) is 12.0 Å². The molecule has 1 aliphatic rings. The molecular weight excluding hydrogens is 260 g/mol. The first-order chi connectivity index (χ1) is 9.06. The van der Waals surface area contributed by atoms with Crippen LogP contribution < -0.4 is 0 Å². The minimum Gasteiger partial charge on any atom is -0.299 e. The van der Waals surface area contributed by atoms with Gasteiger partial charge in [-0.25, -0.2) is 0 Å². The molecule has 1 aliphatic carbocycles. The molecule has 106 valence electrons. The Morgan fingerprint density at radius 1 is 1.42 bits per heavy atom. The second-order valence-corrected chi connectivity index (χ2v) is 5.99. The molecule has 3 nitrogen and oxygen atoms in total. The van der Waals surface area contributed by atoms with Gasteiger partial charge in [0.05, 0.1) is 22.8 Å². The first-order valence-corrected chi connectivity index (χ1v) is 7.67. The van der Waals surface area contributed by atoms with Gasteiger partial charge < -0.3 is 0 Å². The molecule has 0 spiro atoms. The highest BCUT2D eigenvalue weighted by Gasteiger charge is 2.29. The summed E-state index contributed by atoms with van der Waals surface area (Å²) in [6, 6.07) is 0. The quantitative estimate of drug-likeness (QED) is 0.827. The third-order valence-corrected chi connectivity index (χ3v) is 4.85. The number of carbonyl (C=O) groups excluding carboxylic acids is 1. The molecule has 0 radical (unpaired) electrons. The van der Waals surface area contributed by atoms with Gasteiger partial charge in [-0.2, -0.15) is 5.10 Å². The van der Waals surface area contributed by atoms with Crippen molar-refractivity contribution < 1.29 is 4.79 Å². The lowest BCUT2D eigenvalue weighted by atomic mass is 9.96. The zero-order valence-corrected chi connectivity index (χ0v) is 12.8. The number of aryl methyl sites for hydroxylation is 2. The van der Waals surface area contributed by atoms with E-state index in [9.17, 15) is 4.79 Å². The zero-order chi connectivity index (χ0) is 14.0. The second-order valence-electron chi connectivity index (χ2n) is 5.61. The van der Waals surface area contributed by atoms with E-state index in [0.29, 0.717) is 17.2 Å². The van der Waals surface area contributed by atoms with E-state index in [4.69, 9.17) is 11.6 Å². The molecule has 2 unspecified atom stereocenters. The van der Waals surface area contributed by atoms with Crippen molar-refractivity contribution in [3.63, 3.8) is 0 Å². The van der Waals surface area contributed by atoms with E-state index >= 15 is 0 Å². The van der Waals surface area contributed by atoms with Gasteiger partial charge in [0.2, 0.25) is 0 Å². The van der Waals surface area contributed by atoms with E-state index < -0.39 is 0 Å². The van der Waals surface area contributed by atoms with Crippen LogP contribution in [0.25, 0.3) is 0 Å². The first-order valence-electron chi connectivity index (χ1n) is 7.29. The third-order valence-electron chi connectivity index (χ3n) is 4.42. The fraction of sp³-hybridized carbons (Fsp3) is 0.733. The summed E-state index contributed by atoms with van der Waals surface area (Å²) in [6.45, 7) is 4.24. The number of Topliss-reactive ketones (excluding diaryl/α,β-unsaturated/α-hetero) is 1. The van der Waals surface area contributed by atoms with Crippen LogP contribution in [-0.2, 0) is 24.7 Å². The Labute approximate surface area is 120 Å². The average molecular weight is 283 g/mol. The molecule has 2 rings (SSSR count). The van der Waals surface area contributed by atoms with Crippen LogP contribution in [-0.4, -0.2) is 15.6 Å². The van der Waals surface area contributed by atoms with Gasteiger partial charge >= 0.3 is 0 Å². The maximum atomic E-state index is 12.4. The number of halogens is 1. The van der Waals surface area contributed by atoms with E-state index in [1.807, 2.05) is 14.0 Å². The lowest BCUT2D eigenvalue weighted by molar-refractivity contribution is -0.122. The molecule has 0 N–H and O–H groups in total. The topological polar surface area (TPSA) is 34.9 Å². The lowest BCUT2D eigenvalue weighted by Crippen LogP contribution is -2.16. The van der Waals surface area contributed by atoms with Crippen LogP contribution in [0.1, 0.15) is 50.9 Å². The van der Waals surface area contributed by atoms with E-state index in [1.165, 1.54) is 12.8 Å². The highest BCUT2D eigenvalue weighted by molar-refractivity contribution is 6.32. The SMILES string of the molecule is CCc1nn(C)c(CC(=O)C2CCC(CC)C2)c1Cl. The summed E-state index contributed by atoms with van der Waals surface area (Å²) < 4.78 is 1.77. The standard InChI is InChI=1S/C15H23ClN2O/c1-4-10-6-7-11(8-10)14(19)9-13-15(16)12(5-2)17-18(13)3/h10-11H,4-9H2,1-3H3. The highest BCUT2D eigenvalue weighted by Crippen LogP contribution is 2.34. The highest BCUT2D eigenvalue weighted by atomic mass is 35.5. The van der Waals surface area contributed by atoms with Gasteiger partial charge in [0.25, 0.3) is 0 Å². The predicted octanol–water partition coefficient (Wildman–Crippen LogP) is 3.57. The van der Waals surface area contributed by atoms with Crippen LogP contribution in [0, 0.1) is 11.8 Å². The Hall–Kier alpha value is -0.830. The Kier molecular flexibility index (Phi) is 4.67. The van der Waals surface area contributed by atoms with Gasteiger partial charge in [0, 0.05) is 13.0 Å². The molecule has 0 saturated heterocycles. The largest absolute Gasteiger partial charge is 0.299 e. The summed E-state index contributed by atoms with van der Waals surface area (Å²) in [5.41, 5.74) is 1.77. The molecule has 1 fully saturated rings. The number of nitrogens with zero attached hydrogens (tertiary/aromatic N) is 2. The van der Waals surface area contributed by atoms with Gasteiger partial charge in [-0.3, -0.25) is 9.48 Å². The van der Waals surface area contributed by atoms with Crippen molar-refractivity contribution in [1.82, 2.24) is 9.78 Å². The smallest absolute Gasteiger partial charge is 0.141 e. The maximum Gasteiger partial charge on any atom is 0.141 e. The number of carbonyl (C=O) groups is 1. The molecule has 0 bridgehead atoms. The third kappa shape index (κ3) is 3.02. The van der Waals surface area contributed by atoms with Gasteiger partial charge in [0.15, 0.2) is 0 Å². The fourth-order valence-corrected chi connectivity index (χ4v) is 3.42. The van der Waals surface area contributed by atoms with Crippen molar-refractivity contribution in [2.75, 3.05) is 0 Å². The molecule has 2 atom stereocenters. The summed E-state index contributed by atoms with van der Waals surface area (Å²) in [5.74, 6) is 1.31. The summed E-state index contributed by atoms with van der Waals surface area (Å²) in [4.78, 5) is 12.4. The maximum absolute atomic E-state index is 12.4. The Bertz CT molecular complexity index is 467. The second kappa shape index (κ2) is 6.08. The summed E-state index contributed by atoms with van der Waals surface area (Å²) in [6.07, 6.45) is 5.74. The van der Waals surface area contributed by atoms with Gasteiger partial charge in [-0.1, -0.05) is 31.9 Å². The van der Waals surface area contributed by atoms with E-state index in [1.54, 1.807) is 4.68 Å². The van der Waals surface area contributed by atoms with E-state index in [-0.39, 0.29) is 5.92 Å². The van der Waals surface area contributed by atoms with E-state index in [0.717, 1.165) is 36.6 Å². The van der Waals surface area contributed by atoms with Crippen LogP contribution in [0.15, 0.2) is 0 Å². The van der Waals surface area contributed by atoms with Crippen LogP contribution in [0.4, 0.5) is 0 Å². The van der Waals surface area contributed by atoms with Crippen LogP contribution in [0.3, 0.4) is 0 Å². The van der Waals surface area contributed by atoms with Gasteiger partial charge in [0.1, 0.15) is 5.78 Å². The normalized spacial score (nSPS) is 22.9. The molecule has 0 aromatic carbocycles. The number of hydrogen-bond donors (Lipinski definition) is 0. The number of ketones is 1. The monoisotopic (exact) mass is 282 g/mol. The summed E-state index contributed by atoms with van der Waals surface area (Å²) >= 11 is 6.30. The van der Waals surface area contributed by atoms with Crippen molar-refractivity contribution in [3.05, 3.63) is 16.4 Å². The Balaban J connectivity index is 2.05. The number of aromatic nitrogens is 2. The Morgan fingerprint density at radius 2 is 2.16 bits per heavy atom. The molecule has 19 heavy (non-hydrogen) atoms. The molecule has 0 aliphatic heterocycles. The first kappa shape index (κ1) is 14.6. The molecule has 1 heterocycles. The average Bonchev–Trinajstić information content (AvgIpc) is 2.98. The molecular formula is C15H23ClN2O. The number of rotatable bonds is 5. The molecule has 1 aromatic heterocycles. The lowest BCUT2D eigenvalue weighted by Gasteiger charge is -2.09. The van der Waals surface area contributed by atoms with Crippen molar-refractivity contribution in [2.45, 2.75) is 52.4 Å². The van der Waals surface area contributed by atoms with Gasteiger partial charge in [-0.05, 0) is 31.6 Å². The number of hydrogen-bond acceptors (Lipinski definition) is 2. The molecule has 4 heteroatoms. The minimum atomic E-state index is 0.237. The summed E-state index contributed by atoms with van der Waals surface area (Å²) in [5, 5.41) is 5.06. The molecule has 1 aromatic rings. The van der Waals surface area contributed by atoms with Crippen molar-refractivity contribution in [3.8, 4) is 0 Å².